The van der Waals surface area contributed by atoms with E-state index < -0.39 is 10.8 Å². The van der Waals surface area contributed by atoms with E-state index in [1.165, 1.54) is 6.08 Å². The normalized spacial score (nSPS) is 13.4. The number of thioether (sulfide) groups is 1. The van der Waals surface area contributed by atoms with Gasteiger partial charge < -0.3 is 0 Å². The highest BCUT2D eigenvalue weighted by molar-refractivity contribution is 8.00. The number of hydrogen-bond donors (Lipinski definition) is 0. The Balaban J connectivity index is 2.61. The zero-order valence-electron chi connectivity index (χ0n) is 8.70. The molecule has 1 aromatic rings. The Kier molecular flexibility index (Phi) is 4.93. The maximum atomic E-state index is 12.3. The van der Waals surface area contributed by atoms with E-state index in [9.17, 15) is 13.2 Å². The second-order valence-electron chi connectivity index (χ2n) is 3.40. The van der Waals surface area contributed by atoms with Crippen LogP contribution >= 0.6 is 11.8 Å². The molecular weight excluding hydrogens is 233 g/mol. The van der Waals surface area contributed by atoms with Gasteiger partial charge in [0.15, 0.2) is 0 Å². The fourth-order valence-electron chi connectivity index (χ4n) is 1.42. The van der Waals surface area contributed by atoms with E-state index in [0.29, 0.717) is 12.8 Å². The highest BCUT2D eigenvalue weighted by Gasteiger charge is 2.32. The third kappa shape index (κ3) is 5.26. The van der Waals surface area contributed by atoms with Crippen molar-refractivity contribution in [2.45, 2.75) is 23.6 Å². The zero-order chi connectivity index (χ0) is 12.0. The molecule has 0 saturated carbocycles. The molecule has 0 aliphatic carbocycles. The Hall–Kier alpha value is -0.900. The molecule has 0 amide bonds. The minimum Gasteiger partial charge on any atom is -0.160 e. The first-order chi connectivity index (χ1) is 7.51. The van der Waals surface area contributed by atoms with Gasteiger partial charge in [0.1, 0.15) is 0 Å². The molecule has 1 atom stereocenters. The van der Waals surface area contributed by atoms with Crippen LogP contribution in [0.3, 0.4) is 0 Å². The number of allylic oxidation sites excluding steroid dienone is 1. The van der Waals surface area contributed by atoms with Gasteiger partial charge in [-0.1, -0.05) is 36.4 Å². The van der Waals surface area contributed by atoms with E-state index >= 15 is 0 Å². The van der Waals surface area contributed by atoms with Crippen LogP contribution in [-0.2, 0) is 6.42 Å². The van der Waals surface area contributed by atoms with Crippen LogP contribution in [0.1, 0.15) is 12.0 Å². The molecule has 0 nitrogen and oxygen atoms in total. The van der Waals surface area contributed by atoms with Gasteiger partial charge in [-0.3, -0.25) is 0 Å². The van der Waals surface area contributed by atoms with E-state index in [2.05, 4.69) is 6.58 Å². The average molecular weight is 246 g/mol. The predicted molar refractivity (Wildman–Crippen MR) is 62.4 cm³/mol. The van der Waals surface area contributed by atoms with E-state index in [1.54, 1.807) is 0 Å². The second-order valence-corrected chi connectivity index (χ2v) is 4.76. The molecule has 0 saturated heterocycles. The maximum absolute atomic E-state index is 12.3. The summed E-state index contributed by atoms with van der Waals surface area (Å²) in [5, 5.41) is -0.486. The van der Waals surface area contributed by atoms with Gasteiger partial charge in [-0.05, 0) is 30.2 Å². The molecule has 88 valence electrons. The molecule has 0 aliphatic heterocycles. The van der Waals surface area contributed by atoms with Crippen LogP contribution in [0.4, 0.5) is 13.2 Å². The molecule has 0 radical (unpaired) electrons. The Labute approximate surface area is 97.6 Å². The monoisotopic (exact) mass is 246 g/mol. The fraction of sp³-hybridized carbons (Fsp3) is 0.333. The van der Waals surface area contributed by atoms with Crippen LogP contribution in [0.25, 0.3) is 0 Å². The van der Waals surface area contributed by atoms with E-state index in [1.807, 2.05) is 30.3 Å². The van der Waals surface area contributed by atoms with Crippen LogP contribution < -0.4 is 0 Å². The van der Waals surface area contributed by atoms with Crippen molar-refractivity contribution in [2.24, 2.45) is 0 Å². The van der Waals surface area contributed by atoms with Crippen LogP contribution in [-0.4, -0.2) is 10.8 Å². The third-order valence-electron chi connectivity index (χ3n) is 2.04. The second kappa shape index (κ2) is 5.99. The number of hydrogen-bond acceptors (Lipinski definition) is 1. The average Bonchev–Trinajstić information content (AvgIpc) is 2.17. The van der Waals surface area contributed by atoms with Crippen molar-refractivity contribution in [3.63, 3.8) is 0 Å². The summed E-state index contributed by atoms with van der Waals surface area (Å²) in [6.45, 7) is 3.49. The largest absolute Gasteiger partial charge is 0.442 e. The lowest BCUT2D eigenvalue weighted by Gasteiger charge is -2.16. The van der Waals surface area contributed by atoms with Crippen LogP contribution in [0, 0.1) is 0 Å². The Morgan fingerprint density at radius 3 is 2.38 bits per heavy atom. The number of alkyl halides is 3. The quantitative estimate of drug-likeness (QED) is 0.693. The first kappa shape index (κ1) is 13.2. The van der Waals surface area contributed by atoms with E-state index in [0.717, 1.165) is 5.56 Å². The molecule has 0 aromatic heterocycles. The minimum atomic E-state index is -4.18. The Morgan fingerprint density at radius 2 is 1.88 bits per heavy atom. The summed E-state index contributed by atoms with van der Waals surface area (Å²) in [6.07, 6.45) is 2.31. The van der Waals surface area contributed by atoms with E-state index in [-0.39, 0.29) is 11.8 Å². The molecule has 4 heteroatoms. The molecular formula is C12H13F3S. The summed E-state index contributed by atoms with van der Waals surface area (Å²) in [5.41, 5.74) is -3.26. The SMILES string of the molecule is C=CC[C@@H](Cc1ccccc1)SC(F)(F)F. The molecule has 0 N–H and O–H groups in total. The maximum Gasteiger partial charge on any atom is 0.442 e. The summed E-state index contributed by atoms with van der Waals surface area (Å²) < 4.78 is 36.8. The molecule has 0 spiro atoms. The van der Waals surface area contributed by atoms with Crippen molar-refractivity contribution >= 4 is 11.8 Å². The lowest BCUT2D eigenvalue weighted by atomic mass is 10.1. The van der Waals surface area contributed by atoms with Gasteiger partial charge in [0.2, 0.25) is 0 Å². The van der Waals surface area contributed by atoms with Crippen molar-refractivity contribution in [3.05, 3.63) is 48.6 Å². The molecule has 1 aromatic carbocycles. The van der Waals surface area contributed by atoms with Gasteiger partial charge in [-0.2, -0.15) is 13.2 Å². The van der Waals surface area contributed by atoms with Crippen LogP contribution in [0.2, 0.25) is 0 Å². The van der Waals surface area contributed by atoms with Crippen molar-refractivity contribution in [3.8, 4) is 0 Å². The summed E-state index contributed by atoms with van der Waals surface area (Å²) in [4.78, 5) is 0. The van der Waals surface area contributed by atoms with Crippen LogP contribution in [0.15, 0.2) is 43.0 Å². The molecule has 0 aliphatic rings. The minimum absolute atomic E-state index is 0.0500. The van der Waals surface area contributed by atoms with Crippen LogP contribution in [0.5, 0.6) is 0 Å². The molecule has 0 unspecified atom stereocenters. The first-order valence-corrected chi connectivity index (χ1v) is 5.78. The van der Waals surface area contributed by atoms with Crippen molar-refractivity contribution in [1.29, 1.82) is 0 Å². The Bertz CT molecular complexity index is 319. The van der Waals surface area contributed by atoms with Crippen molar-refractivity contribution in [2.75, 3.05) is 0 Å². The van der Waals surface area contributed by atoms with Gasteiger partial charge in [0, 0.05) is 5.25 Å². The fourth-order valence-corrected chi connectivity index (χ4v) is 2.31. The van der Waals surface area contributed by atoms with Crippen molar-refractivity contribution in [1.82, 2.24) is 0 Å². The van der Waals surface area contributed by atoms with Crippen molar-refractivity contribution < 1.29 is 13.2 Å². The molecule has 1 rings (SSSR count). The standard InChI is InChI=1S/C12H13F3S/c1-2-6-11(16-12(13,14)15)9-10-7-4-3-5-8-10/h2-5,7-8,11H,1,6,9H2/t11-/m0/s1. The number of halogens is 3. The summed E-state index contributed by atoms with van der Waals surface area (Å²) in [5.74, 6) is 0. The molecule has 16 heavy (non-hydrogen) atoms. The lowest BCUT2D eigenvalue weighted by molar-refractivity contribution is -0.0333. The molecule has 0 bridgehead atoms. The van der Waals surface area contributed by atoms with Gasteiger partial charge in [0.05, 0.1) is 0 Å². The summed E-state index contributed by atoms with van der Waals surface area (Å²) in [7, 11) is 0. The highest BCUT2D eigenvalue weighted by Crippen LogP contribution is 2.36. The lowest BCUT2D eigenvalue weighted by Crippen LogP contribution is -2.13. The number of rotatable bonds is 5. The number of benzene rings is 1. The highest BCUT2D eigenvalue weighted by atomic mass is 32.2. The van der Waals surface area contributed by atoms with Gasteiger partial charge in [0.25, 0.3) is 0 Å². The van der Waals surface area contributed by atoms with Gasteiger partial charge in [-0.15, -0.1) is 6.58 Å². The Morgan fingerprint density at radius 1 is 1.25 bits per heavy atom. The van der Waals surface area contributed by atoms with Gasteiger partial charge >= 0.3 is 5.51 Å². The topological polar surface area (TPSA) is 0 Å². The van der Waals surface area contributed by atoms with Gasteiger partial charge in [-0.25, -0.2) is 0 Å². The molecule has 0 heterocycles. The summed E-state index contributed by atoms with van der Waals surface area (Å²) >= 11 is 0.0500. The van der Waals surface area contributed by atoms with E-state index in [4.69, 9.17) is 0 Å². The molecule has 0 fully saturated rings. The zero-order valence-corrected chi connectivity index (χ0v) is 9.52. The summed E-state index contributed by atoms with van der Waals surface area (Å²) in [6, 6.07) is 9.19. The predicted octanol–water partition coefficient (Wildman–Crippen LogP) is 4.43. The third-order valence-corrected chi connectivity index (χ3v) is 3.00. The first-order valence-electron chi connectivity index (χ1n) is 4.90. The smallest absolute Gasteiger partial charge is 0.160 e.